The quantitative estimate of drug-likeness (QED) is 0.339. The summed E-state index contributed by atoms with van der Waals surface area (Å²) < 4.78 is 16.2. The number of amidine groups is 1. The van der Waals surface area contributed by atoms with Crippen LogP contribution in [0, 0.1) is 0 Å². The number of nitrogens with zero attached hydrogens (tertiary/aromatic N) is 1. The third-order valence-electron chi connectivity index (χ3n) is 2.38. The molecular formula is C13H20N2O4. The van der Waals surface area contributed by atoms with E-state index in [2.05, 4.69) is 5.16 Å². The van der Waals surface area contributed by atoms with Gasteiger partial charge in [0.2, 0.25) is 0 Å². The van der Waals surface area contributed by atoms with E-state index in [1.165, 1.54) is 0 Å². The number of ether oxygens (including phenoxy) is 3. The number of rotatable bonds is 7. The summed E-state index contributed by atoms with van der Waals surface area (Å²) >= 11 is 0. The molecule has 0 aliphatic rings. The summed E-state index contributed by atoms with van der Waals surface area (Å²) in [6, 6.07) is 5.10. The predicted octanol–water partition coefficient (Wildman–Crippen LogP) is 1.59. The van der Waals surface area contributed by atoms with Crippen LogP contribution in [0.5, 0.6) is 11.5 Å². The molecule has 0 aromatic heterocycles. The number of hydrogen-bond acceptors (Lipinski definition) is 5. The van der Waals surface area contributed by atoms with Crippen molar-refractivity contribution in [3.05, 3.63) is 23.8 Å². The van der Waals surface area contributed by atoms with Gasteiger partial charge in [0.25, 0.3) is 0 Å². The van der Waals surface area contributed by atoms with Crippen molar-refractivity contribution < 1.29 is 19.4 Å². The van der Waals surface area contributed by atoms with Crippen LogP contribution >= 0.6 is 0 Å². The Balaban J connectivity index is 2.97. The molecule has 0 fully saturated rings. The van der Waals surface area contributed by atoms with Crippen molar-refractivity contribution in [1.82, 2.24) is 0 Å². The van der Waals surface area contributed by atoms with Crippen molar-refractivity contribution in [2.75, 3.05) is 20.3 Å². The molecule has 6 heteroatoms. The van der Waals surface area contributed by atoms with Crippen molar-refractivity contribution >= 4 is 5.84 Å². The van der Waals surface area contributed by atoms with Crippen LogP contribution < -0.4 is 15.2 Å². The molecule has 0 amide bonds. The maximum Gasteiger partial charge on any atom is 0.170 e. The van der Waals surface area contributed by atoms with Gasteiger partial charge in [-0.1, -0.05) is 5.16 Å². The SMILES string of the molecule is CCOc1cc(C(N)=NO)ccc1OC(C)COC. The van der Waals surface area contributed by atoms with E-state index in [4.69, 9.17) is 25.2 Å². The normalized spacial score (nSPS) is 13.1. The van der Waals surface area contributed by atoms with Gasteiger partial charge in [0, 0.05) is 12.7 Å². The lowest BCUT2D eigenvalue weighted by Crippen LogP contribution is -2.19. The van der Waals surface area contributed by atoms with Crippen LogP contribution in [0.3, 0.4) is 0 Å². The molecule has 1 aromatic carbocycles. The van der Waals surface area contributed by atoms with Gasteiger partial charge in [-0.3, -0.25) is 0 Å². The molecule has 3 N–H and O–H groups in total. The minimum Gasteiger partial charge on any atom is -0.490 e. The Hall–Kier alpha value is -1.95. The van der Waals surface area contributed by atoms with Crippen molar-refractivity contribution in [3.8, 4) is 11.5 Å². The first-order valence-electron chi connectivity index (χ1n) is 6.02. The second-order valence-corrected chi connectivity index (χ2v) is 3.96. The number of benzene rings is 1. The van der Waals surface area contributed by atoms with Gasteiger partial charge in [0.1, 0.15) is 6.10 Å². The van der Waals surface area contributed by atoms with Gasteiger partial charge >= 0.3 is 0 Å². The molecule has 0 radical (unpaired) electrons. The summed E-state index contributed by atoms with van der Waals surface area (Å²) in [4.78, 5) is 0. The van der Waals surface area contributed by atoms with Gasteiger partial charge in [0.15, 0.2) is 17.3 Å². The van der Waals surface area contributed by atoms with Crippen LogP contribution in [0.1, 0.15) is 19.4 Å². The molecule has 0 saturated carbocycles. The highest BCUT2D eigenvalue weighted by molar-refractivity contribution is 5.97. The Morgan fingerprint density at radius 3 is 2.74 bits per heavy atom. The van der Waals surface area contributed by atoms with E-state index >= 15 is 0 Å². The van der Waals surface area contributed by atoms with E-state index in [0.29, 0.717) is 30.3 Å². The third kappa shape index (κ3) is 4.33. The van der Waals surface area contributed by atoms with Crippen molar-refractivity contribution in [3.63, 3.8) is 0 Å². The molecule has 1 atom stereocenters. The highest BCUT2D eigenvalue weighted by Gasteiger charge is 2.12. The van der Waals surface area contributed by atoms with Gasteiger partial charge in [-0.05, 0) is 32.0 Å². The first kappa shape index (κ1) is 15.1. The zero-order valence-electron chi connectivity index (χ0n) is 11.4. The van der Waals surface area contributed by atoms with E-state index in [1.54, 1.807) is 25.3 Å². The topological polar surface area (TPSA) is 86.3 Å². The fourth-order valence-corrected chi connectivity index (χ4v) is 1.58. The molecule has 0 aliphatic carbocycles. The zero-order valence-corrected chi connectivity index (χ0v) is 11.4. The standard InChI is InChI=1S/C13H20N2O4/c1-4-18-12-7-10(13(14)15-16)5-6-11(12)19-9(2)8-17-3/h5-7,9,16H,4,8H2,1-3H3,(H2,14,15). The molecule has 1 aromatic rings. The van der Waals surface area contributed by atoms with E-state index < -0.39 is 0 Å². The molecule has 0 saturated heterocycles. The van der Waals surface area contributed by atoms with Gasteiger partial charge in [-0.25, -0.2) is 0 Å². The Kier molecular flexibility index (Phi) is 5.95. The van der Waals surface area contributed by atoms with E-state index in [9.17, 15) is 0 Å². The maximum atomic E-state index is 8.67. The molecule has 1 rings (SSSR count). The van der Waals surface area contributed by atoms with Gasteiger partial charge in [-0.15, -0.1) is 0 Å². The van der Waals surface area contributed by atoms with Crippen LogP contribution in [-0.2, 0) is 4.74 Å². The van der Waals surface area contributed by atoms with Crippen molar-refractivity contribution in [2.24, 2.45) is 10.9 Å². The van der Waals surface area contributed by atoms with Gasteiger partial charge < -0.3 is 25.2 Å². The van der Waals surface area contributed by atoms with Crippen LogP contribution in [0.2, 0.25) is 0 Å². The Morgan fingerprint density at radius 2 is 2.16 bits per heavy atom. The molecule has 1 unspecified atom stereocenters. The molecular weight excluding hydrogens is 248 g/mol. The average Bonchev–Trinajstić information content (AvgIpc) is 2.40. The maximum absolute atomic E-state index is 8.67. The highest BCUT2D eigenvalue weighted by atomic mass is 16.5. The summed E-state index contributed by atoms with van der Waals surface area (Å²) in [7, 11) is 1.62. The third-order valence-corrected chi connectivity index (χ3v) is 2.38. The summed E-state index contributed by atoms with van der Waals surface area (Å²) in [6.07, 6.45) is -0.0982. The Bertz CT molecular complexity index is 435. The predicted molar refractivity (Wildman–Crippen MR) is 72.1 cm³/mol. The molecule has 6 nitrogen and oxygen atoms in total. The molecule has 19 heavy (non-hydrogen) atoms. The highest BCUT2D eigenvalue weighted by Crippen LogP contribution is 2.29. The lowest BCUT2D eigenvalue weighted by molar-refractivity contribution is 0.0894. The fourth-order valence-electron chi connectivity index (χ4n) is 1.58. The summed E-state index contributed by atoms with van der Waals surface area (Å²) in [6.45, 7) is 4.75. The minimum atomic E-state index is -0.0982. The second-order valence-electron chi connectivity index (χ2n) is 3.96. The van der Waals surface area contributed by atoms with Crippen molar-refractivity contribution in [1.29, 1.82) is 0 Å². The Morgan fingerprint density at radius 1 is 1.42 bits per heavy atom. The van der Waals surface area contributed by atoms with Crippen LogP contribution in [-0.4, -0.2) is 37.5 Å². The smallest absolute Gasteiger partial charge is 0.170 e. The largest absolute Gasteiger partial charge is 0.490 e. The summed E-state index contributed by atoms with van der Waals surface area (Å²) in [5.74, 6) is 1.17. The van der Waals surface area contributed by atoms with Crippen molar-refractivity contribution in [2.45, 2.75) is 20.0 Å². The van der Waals surface area contributed by atoms with Gasteiger partial charge in [-0.2, -0.15) is 0 Å². The molecule has 0 aliphatic heterocycles. The van der Waals surface area contributed by atoms with Crippen LogP contribution in [0.15, 0.2) is 23.4 Å². The zero-order chi connectivity index (χ0) is 14.3. The Labute approximate surface area is 112 Å². The average molecular weight is 268 g/mol. The number of nitrogens with two attached hydrogens (primary N) is 1. The van der Waals surface area contributed by atoms with E-state index in [0.717, 1.165) is 0 Å². The molecule has 0 heterocycles. The number of methoxy groups -OCH3 is 1. The molecule has 0 bridgehead atoms. The molecule has 0 spiro atoms. The van der Waals surface area contributed by atoms with Gasteiger partial charge in [0.05, 0.1) is 13.2 Å². The lowest BCUT2D eigenvalue weighted by atomic mass is 10.2. The second kappa shape index (κ2) is 7.48. The minimum absolute atomic E-state index is 0.0254. The van der Waals surface area contributed by atoms with Crippen LogP contribution in [0.25, 0.3) is 0 Å². The first-order valence-corrected chi connectivity index (χ1v) is 6.02. The lowest BCUT2D eigenvalue weighted by Gasteiger charge is -2.17. The molecule has 106 valence electrons. The van der Waals surface area contributed by atoms with E-state index in [1.807, 2.05) is 13.8 Å². The monoisotopic (exact) mass is 268 g/mol. The first-order chi connectivity index (χ1) is 9.12. The fraction of sp³-hybridized carbons (Fsp3) is 0.462. The van der Waals surface area contributed by atoms with Crippen LogP contribution in [0.4, 0.5) is 0 Å². The van der Waals surface area contributed by atoms with E-state index in [-0.39, 0.29) is 11.9 Å². The summed E-state index contributed by atoms with van der Waals surface area (Å²) in [5, 5.41) is 11.6. The summed E-state index contributed by atoms with van der Waals surface area (Å²) in [5.41, 5.74) is 6.11. The number of oxime groups is 1. The number of hydrogen-bond donors (Lipinski definition) is 2.